The summed E-state index contributed by atoms with van der Waals surface area (Å²) < 4.78 is 0. The largest absolute Gasteiger partial charge is 0.481 e. The van der Waals surface area contributed by atoms with Gasteiger partial charge in [0, 0.05) is 0 Å². The number of carboxylic acid groups (broad SMARTS) is 2. The molecule has 0 amide bonds. The molecule has 0 aromatic carbocycles. The van der Waals surface area contributed by atoms with Crippen LogP contribution in [0.2, 0.25) is 0 Å². The molecule has 4 nitrogen and oxygen atoms in total. The Labute approximate surface area is 102 Å². The van der Waals surface area contributed by atoms with Crippen LogP contribution in [0.4, 0.5) is 0 Å². The van der Waals surface area contributed by atoms with Crippen molar-refractivity contribution >= 4 is 11.9 Å². The van der Waals surface area contributed by atoms with Crippen LogP contribution < -0.4 is 0 Å². The van der Waals surface area contributed by atoms with E-state index in [4.69, 9.17) is 10.2 Å². The van der Waals surface area contributed by atoms with Gasteiger partial charge < -0.3 is 10.2 Å². The molecule has 2 unspecified atom stereocenters. The Hall–Kier alpha value is -1.32. The van der Waals surface area contributed by atoms with Crippen LogP contribution in [-0.2, 0) is 9.59 Å². The molecule has 0 aliphatic heterocycles. The van der Waals surface area contributed by atoms with Crippen molar-refractivity contribution in [2.45, 2.75) is 46.0 Å². The number of carboxylic acids is 2. The van der Waals surface area contributed by atoms with Gasteiger partial charge in [-0.15, -0.1) is 0 Å². The lowest BCUT2D eigenvalue weighted by molar-refractivity contribution is -0.152. The number of hydrogen-bond acceptors (Lipinski definition) is 2. The zero-order valence-electron chi connectivity index (χ0n) is 10.6. The molecular weight excluding hydrogens is 220 g/mol. The minimum Gasteiger partial charge on any atom is -0.481 e. The highest BCUT2D eigenvalue weighted by Crippen LogP contribution is 2.17. The highest BCUT2D eigenvalue weighted by molar-refractivity contribution is 5.79. The van der Waals surface area contributed by atoms with Crippen LogP contribution in [0.15, 0.2) is 12.2 Å². The number of aliphatic carboxylic acids is 2. The lowest BCUT2D eigenvalue weighted by Crippen LogP contribution is -2.27. The van der Waals surface area contributed by atoms with Gasteiger partial charge >= 0.3 is 11.9 Å². The minimum absolute atomic E-state index is 0.287. The van der Waals surface area contributed by atoms with Gasteiger partial charge in [0.2, 0.25) is 0 Å². The van der Waals surface area contributed by atoms with E-state index >= 15 is 0 Å². The molecule has 0 spiro atoms. The molecular formula is C13H22O4. The first-order chi connectivity index (χ1) is 8.00. The molecule has 0 saturated heterocycles. The van der Waals surface area contributed by atoms with Gasteiger partial charge in [0.15, 0.2) is 0 Å². The molecule has 0 aromatic rings. The predicted molar refractivity (Wildman–Crippen MR) is 65.8 cm³/mol. The van der Waals surface area contributed by atoms with E-state index in [0.717, 1.165) is 25.7 Å². The first kappa shape index (κ1) is 15.7. The molecule has 0 aliphatic rings. The van der Waals surface area contributed by atoms with Crippen LogP contribution in [0.3, 0.4) is 0 Å². The first-order valence-corrected chi connectivity index (χ1v) is 6.11. The van der Waals surface area contributed by atoms with E-state index in [1.54, 1.807) is 6.08 Å². The number of carbonyl (C=O) groups is 2. The first-order valence-electron chi connectivity index (χ1n) is 6.11. The summed E-state index contributed by atoms with van der Waals surface area (Å²) in [6.45, 7) is 3.56. The molecule has 0 bridgehead atoms. The molecule has 0 fully saturated rings. The Morgan fingerprint density at radius 2 is 1.76 bits per heavy atom. The third kappa shape index (κ3) is 6.76. The lowest BCUT2D eigenvalue weighted by atomic mass is 9.91. The predicted octanol–water partition coefficient (Wildman–Crippen LogP) is 2.93. The van der Waals surface area contributed by atoms with E-state index in [1.165, 1.54) is 6.92 Å². The summed E-state index contributed by atoms with van der Waals surface area (Å²) in [5.41, 5.74) is 0. The molecule has 2 N–H and O–H groups in total. The van der Waals surface area contributed by atoms with Gasteiger partial charge in [0.25, 0.3) is 0 Å². The average molecular weight is 242 g/mol. The smallest absolute Gasteiger partial charge is 0.307 e. The van der Waals surface area contributed by atoms with Gasteiger partial charge in [0.1, 0.15) is 0 Å². The van der Waals surface area contributed by atoms with Gasteiger partial charge in [0.05, 0.1) is 11.8 Å². The van der Waals surface area contributed by atoms with Crippen molar-refractivity contribution in [3.63, 3.8) is 0 Å². The monoisotopic (exact) mass is 242 g/mol. The SMILES string of the molecule is CCCCCC=CCC(C(=O)O)C(C)C(=O)O. The highest BCUT2D eigenvalue weighted by atomic mass is 16.4. The van der Waals surface area contributed by atoms with Crippen LogP contribution in [-0.4, -0.2) is 22.2 Å². The van der Waals surface area contributed by atoms with Gasteiger partial charge in [-0.25, -0.2) is 0 Å². The fourth-order valence-electron chi connectivity index (χ4n) is 1.56. The highest BCUT2D eigenvalue weighted by Gasteiger charge is 2.28. The minimum atomic E-state index is -1.06. The maximum atomic E-state index is 10.9. The number of unbranched alkanes of at least 4 members (excludes halogenated alkanes) is 3. The van der Waals surface area contributed by atoms with Crippen LogP contribution in [0, 0.1) is 11.8 Å². The topological polar surface area (TPSA) is 74.6 Å². The normalized spacial score (nSPS) is 14.7. The number of rotatable bonds is 9. The van der Waals surface area contributed by atoms with Crippen molar-refractivity contribution in [1.29, 1.82) is 0 Å². The van der Waals surface area contributed by atoms with Crippen molar-refractivity contribution in [1.82, 2.24) is 0 Å². The second-order valence-electron chi connectivity index (χ2n) is 4.27. The Morgan fingerprint density at radius 3 is 2.24 bits per heavy atom. The third-order valence-electron chi connectivity index (χ3n) is 2.84. The molecule has 0 aromatic heterocycles. The van der Waals surface area contributed by atoms with E-state index in [9.17, 15) is 9.59 Å². The summed E-state index contributed by atoms with van der Waals surface area (Å²) in [5, 5.41) is 17.7. The molecule has 17 heavy (non-hydrogen) atoms. The zero-order chi connectivity index (χ0) is 13.3. The van der Waals surface area contributed by atoms with Crippen molar-refractivity contribution < 1.29 is 19.8 Å². The fourth-order valence-corrected chi connectivity index (χ4v) is 1.56. The van der Waals surface area contributed by atoms with E-state index < -0.39 is 23.8 Å². The van der Waals surface area contributed by atoms with Crippen LogP contribution >= 0.6 is 0 Å². The summed E-state index contributed by atoms with van der Waals surface area (Å²) in [4.78, 5) is 21.6. The summed E-state index contributed by atoms with van der Waals surface area (Å²) in [5.74, 6) is -3.79. The Kier molecular flexibility index (Phi) is 8.11. The quantitative estimate of drug-likeness (QED) is 0.481. The maximum Gasteiger partial charge on any atom is 0.307 e. The lowest BCUT2D eigenvalue weighted by Gasteiger charge is -2.14. The average Bonchev–Trinajstić information content (AvgIpc) is 2.26. The molecule has 0 heterocycles. The summed E-state index contributed by atoms with van der Waals surface area (Å²) in [6.07, 6.45) is 8.36. The summed E-state index contributed by atoms with van der Waals surface area (Å²) >= 11 is 0. The number of allylic oxidation sites excluding steroid dienone is 2. The molecule has 0 radical (unpaired) electrons. The van der Waals surface area contributed by atoms with E-state index in [-0.39, 0.29) is 6.42 Å². The Bertz CT molecular complexity index is 271. The molecule has 0 rings (SSSR count). The van der Waals surface area contributed by atoms with Crippen LogP contribution in [0.1, 0.15) is 46.0 Å². The van der Waals surface area contributed by atoms with E-state index in [0.29, 0.717) is 0 Å². The van der Waals surface area contributed by atoms with Gasteiger partial charge in [-0.2, -0.15) is 0 Å². The summed E-state index contributed by atoms with van der Waals surface area (Å²) in [6, 6.07) is 0. The Balaban J connectivity index is 4.10. The zero-order valence-corrected chi connectivity index (χ0v) is 10.6. The molecule has 98 valence electrons. The number of hydrogen-bond donors (Lipinski definition) is 2. The maximum absolute atomic E-state index is 10.9. The van der Waals surface area contributed by atoms with E-state index in [2.05, 4.69) is 6.92 Å². The molecule has 4 heteroatoms. The van der Waals surface area contributed by atoms with E-state index in [1.807, 2.05) is 6.08 Å². The van der Waals surface area contributed by atoms with Gasteiger partial charge in [-0.05, 0) is 19.3 Å². The summed E-state index contributed by atoms with van der Waals surface area (Å²) in [7, 11) is 0. The third-order valence-corrected chi connectivity index (χ3v) is 2.84. The van der Waals surface area contributed by atoms with Crippen LogP contribution in [0.25, 0.3) is 0 Å². The standard InChI is InChI=1S/C13H22O4/c1-3-4-5-6-7-8-9-11(13(16)17)10(2)12(14)15/h7-8,10-11H,3-6,9H2,1-2H3,(H,14,15)(H,16,17). The van der Waals surface area contributed by atoms with Gasteiger partial charge in [-0.1, -0.05) is 38.8 Å². The molecule has 0 saturated carbocycles. The fraction of sp³-hybridized carbons (Fsp3) is 0.692. The Morgan fingerprint density at radius 1 is 1.12 bits per heavy atom. The van der Waals surface area contributed by atoms with Gasteiger partial charge in [-0.3, -0.25) is 9.59 Å². The van der Waals surface area contributed by atoms with Crippen molar-refractivity contribution in [2.75, 3.05) is 0 Å². The molecule has 0 aliphatic carbocycles. The van der Waals surface area contributed by atoms with Crippen molar-refractivity contribution in [3.8, 4) is 0 Å². The second-order valence-corrected chi connectivity index (χ2v) is 4.27. The van der Waals surface area contributed by atoms with Crippen LogP contribution in [0.5, 0.6) is 0 Å². The second kappa shape index (κ2) is 8.79. The van der Waals surface area contributed by atoms with Crippen molar-refractivity contribution in [2.24, 2.45) is 11.8 Å². The van der Waals surface area contributed by atoms with Crippen molar-refractivity contribution in [3.05, 3.63) is 12.2 Å². The molecule has 2 atom stereocenters.